The van der Waals surface area contributed by atoms with Crippen molar-refractivity contribution in [3.05, 3.63) is 40.2 Å². The van der Waals surface area contributed by atoms with Gasteiger partial charge in [-0.25, -0.2) is 33.2 Å². The summed E-state index contributed by atoms with van der Waals surface area (Å²) in [4.78, 5) is 25.8. The predicted octanol–water partition coefficient (Wildman–Crippen LogP) is 2.64. The van der Waals surface area contributed by atoms with Crippen molar-refractivity contribution < 1.29 is 18.3 Å². The fourth-order valence-corrected chi connectivity index (χ4v) is 3.78. The van der Waals surface area contributed by atoms with Gasteiger partial charge in [0.2, 0.25) is 0 Å². The molecule has 160 valence electrons. The standard InChI is InChI=1S/C18H16F2N8O2S/c1-27(18(29)30-2)13-14(21)24-16(25-15(13)22)12-9-5-8(19)6-23-17(9)28(26-12)7-11-10(20)3-4-31-11/h3-6H,7H2,1-2H3,(H4,21,22,24,25). The Morgan fingerprint density at radius 3 is 2.61 bits per heavy atom. The number of halogens is 2. The van der Waals surface area contributed by atoms with Crippen LogP contribution < -0.4 is 16.4 Å². The van der Waals surface area contributed by atoms with E-state index in [0.29, 0.717) is 15.9 Å². The second-order valence-electron chi connectivity index (χ2n) is 6.42. The molecule has 0 aliphatic rings. The summed E-state index contributed by atoms with van der Waals surface area (Å²) in [6.45, 7) is 0.0761. The molecule has 13 heteroatoms. The first-order valence-corrected chi connectivity index (χ1v) is 9.67. The number of ether oxygens (including phenoxy) is 1. The number of hydrogen-bond acceptors (Lipinski definition) is 9. The van der Waals surface area contributed by atoms with Crippen LogP contribution in [0.3, 0.4) is 0 Å². The van der Waals surface area contributed by atoms with Crippen LogP contribution in [0.15, 0.2) is 23.7 Å². The molecular formula is C18H16F2N8O2S. The van der Waals surface area contributed by atoms with Gasteiger partial charge in [0.15, 0.2) is 23.1 Å². The fourth-order valence-electron chi connectivity index (χ4n) is 3.05. The minimum atomic E-state index is -0.714. The van der Waals surface area contributed by atoms with Crippen LogP contribution in [0, 0.1) is 11.6 Å². The van der Waals surface area contributed by atoms with Gasteiger partial charge in [0.05, 0.1) is 30.1 Å². The van der Waals surface area contributed by atoms with E-state index >= 15 is 0 Å². The summed E-state index contributed by atoms with van der Waals surface area (Å²) in [5, 5.41) is 6.32. The molecule has 10 nitrogen and oxygen atoms in total. The number of nitrogens with zero attached hydrogens (tertiary/aromatic N) is 6. The number of anilines is 3. The number of fused-ring (bicyclic) bond motifs is 1. The molecule has 4 aromatic rings. The molecule has 0 fully saturated rings. The van der Waals surface area contributed by atoms with Crippen molar-refractivity contribution in [2.24, 2.45) is 0 Å². The maximum absolute atomic E-state index is 13.9. The van der Waals surface area contributed by atoms with Gasteiger partial charge in [-0.2, -0.15) is 5.10 Å². The lowest BCUT2D eigenvalue weighted by Gasteiger charge is -2.18. The van der Waals surface area contributed by atoms with Gasteiger partial charge >= 0.3 is 6.09 Å². The largest absolute Gasteiger partial charge is 0.452 e. The Bertz CT molecular complexity index is 1280. The van der Waals surface area contributed by atoms with Crippen LogP contribution in [0.1, 0.15) is 4.88 Å². The minimum Gasteiger partial charge on any atom is -0.452 e. The molecule has 31 heavy (non-hydrogen) atoms. The van der Waals surface area contributed by atoms with E-state index in [-0.39, 0.29) is 41.2 Å². The van der Waals surface area contributed by atoms with Crippen LogP contribution in [-0.2, 0) is 11.3 Å². The monoisotopic (exact) mass is 446 g/mol. The second-order valence-corrected chi connectivity index (χ2v) is 7.42. The third-order valence-corrected chi connectivity index (χ3v) is 5.35. The zero-order valence-corrected chi connectivity index (χ0v) is 17.2. The first-order valence-electron chi connectivity index (χ1n) is 8.79. The highest BCUT2D eigenvalue weighted by Gasteiger charge is 2.23. The number of carbonyl (C=O) groups is 1. The maximum atomic E-state index is 13.9. The lowest BCUT2D eigenvalue weighted by molar-refractivity contribution is 0.180. The summed E-state index contributed by atoms with van der Waals surface area (Å²) in [6.07, 6.45) is 0.321. The molecule has 1 amide bonds. The smallest absolute Gasteiger partial charge is 0.413 e. The van der Waals surface area contributed by atoms with Crippen molar-refractivity contribution in [2.45, 2.75) is 6.54 Å². The normalized spacial score (nSPS) is 11.1. The van der Waals surface area contributed by atoms with E-state index in [4.69, 9.17) is 11.5 Å². The lowest BCUT2D eigenvalue weighted by atomic mass is 10.2. The number of nitrogens with two attached hydrogens (primary N) is 2. The molecule has 4 aromatic heterocycles. The van der Waals surface area contributed by atoms with E-state index in [1.807, 2.05) is 0 Å². The Labute approximate surface area is 178 Å². The Hall–Kier alpha value is -3.87. The van der Waals surface area contributed by atoms with Gasteiger partial charge in [0.25, 0.3) is 0 Å². The number of rotatable bonds is 4. The van der Waals surface area contributed by atoms with Crippen LogP contribution in [0.4, 0.5) is 30.9 Å². The maximum Gasteiger partial charge on any atom is 0.413 e. The summed E-state index contributed by atoms with van der Waals surface area (Å²) < 4.78 is 33.9. The lowest BCUT2D eigenvalue weighted by Crippen LogP contribution is -2.28. The van der Waals surface area contributed by atoms with Crippen LogP contribution in [-0.4, -0.2) is 45.0 Å². The Kier molecular flexibility index (Phi) is 5.10. The van der Waals surface area contributed by atoms with Crippen molar-refractivity contribution in [1.82, 2.24) is 24.7 Å². The molecule has 0 unspecified atom stereocenters. The van der Waals surface area contributed by atoms with Gasteiger partial charge in [-0.05, 0) is 17.5 Å². The van der Waals surface area contributed by atoms with Crippen LogP contribution in [0.2, 0.25) is 0 Å². The number of nitrogen functional groups attached to an aromatic ring is 2. The molecule has 4 N–H and O–H groups in total. The first-order chi connectivity index (χ1) is 14.8. The number of thiophene rings is 1. The predicted molar refractivity (Wildman–Crippen MR) is 112 cm³/mol. The van der Waals surface area contributed by atoms with Crippen molar-refractivity contribution >= 4 is 45.8 Å². The highest BCUT2D eigenvalue weighted by atomic mass is 32.1. The van der Waals surface area contributed by atoms with Gasteiger partial charge < -0.3 is 16.2 Å². The minimum absolute atomic E-state index is 0.000169. The average molecular weight is 446 g/mol. The molecule has 0 aliphatic heterocycles. The summed E-state index contributed by atoms with van der Waals surface area (Å²) in [5.41, 5.74) is 12.5. The number of hydrogen-bond donors (Lipinski definition) is 2. The number of amides is 1. The zero-order valence-electron chi connectivity index (χ0n) is 16.3. The molecule has 4 heterocycles. The Morgan fingerprint density at radius 1 is 1.29 bits per heavy atom. The molecule has 0 saturated carbocycles. The zero-order chi connectivity index (χ0) is 22.3. The summed E-state index contributed by atoms with van der Waals surface area (Å²) in [5.74, 6) is -1.19. The third kappa shape index (κ3) is 3.59. The van der Waals surface area contributed by atoms with Gasteiger partial charge in [-0.15, -0.1) is 11.3 Å². The molecule has 0 spiro atoms. The van der Waals surface area contributed by atoms with E-state index in [2.05, 4.69) is 24.8 Å². The molecular weight excluding hydrogens is 430 g/mol. The van der Waals surface area contributed by atoms with Gasteiger partial charge in [-0.3, -0.25) is 4.90 Å². The van der Waals surface area contributed by atoms with Crippen LogP contribution in [0.25, 0.3) is 22.6 Å². The fraction of sp³-hybridized carbons (Fsp3) is 0.167. The Morgan fingerprint density at radius 2 is 2.00 bits per heavy atom. The van der Waals surface area contributed by atoms with Crippen molar-refractivity contribution in [3.8, 4) is 11.5 Å². The third-order valence-electron chi connectivity index (χ3n) is 4.47. The molecule has 0 aromatic carbocycles. The highest BCUT2D eigenvalue weighted by molar-refractivity contribution is 7.09. The summed E-state index contributed by atoms with van der Waals surface area (Å²) in [7, 11) is 2.60. The second kappa shape index (κ2) is 7.75. The molecule has 0 aliphatic carbocycles. The summed E-state index contributed by atoms with van der Waals surface area (Å²) >= 11 is 1.22. The van der Waals surface area contributed by atoms with Gasteiger partial charge in [0, 0.05) is 7.05 Å². The molecule has 4 rings (SSSR count). The SMILES string of the molecule is COC(=O)N(C)c1c(N)nc(-c2nn(Cc3sccc3F)c3ncc(F)cc23)nc1N. The van der Waals surface area contributed by atoms with Crippen LogP contribution >= 0.6 is 11.3 Å². The molecule has 0 saturated heterocycles. The molecule has 0 radical (unpaired) electrons. The highest BCUT2D eigenvalue weighted by Crippen LogP contribution is 2.32. The van der Waals surface area contributed by atoms with Crippen molar-refractivity contribution in [3.63, 3.8) is 0 Å². The van der Waals surface area contributed by atoms with Gasteiger partial charge in [0.1, 0.15) is 23.0 Å². The van der Waals surface area contributed by atoms with E-state index < -0.39 is 11.9 Å². The van der Waals surface area contributed by atoms with E-state index in [0.717, 1.165) is 11.1 Å². The molecule has 0 bridgehead atoms. The number of pyridine rings is 1. The van der Waals surface area contributed by atoms with E-state index in [1.54, 1.807) is 5.38 Å². The van der Waals surface area contributed by atoms with Gasteiger partial charge in [-0.1, -0.05) is 0 Å². The number of aromatic nitrogens is 5. The average Bonchev–Trinajstić information content (AvgIpc) is 3.30. The topological polar surface area (TPSA) is 138 Å². The van der Waals surface area contributed by atoms with Crippen molar-refractivity contribution in [2.75, 3.05) is 30.5 Å². The van der Waals surface area contributed by atoms with E-state index in [9.17, 15) is 13.6 Å². The Balaban J connectivity index is 1.85. The first kappa shape index (κ1) is 20.4. The van der Waals surface area contributed by atoms with Crippen LogP contribution in [0.5, 0.6) is 0 Å². The summed E-state index contributed by atoms with van der Waals surface area (Å²) in [6, 6.07) is 2.57. The number of carbonyl (C=O) groups excluding carboxylic acids is 1. The van der Waals surface area contributed by atoms with E-state index in [1.165, 1.54) is 42.3 Å². The molecule has 0 atom stereocenters. The van der Waals surface area contributed by atoms with Crippen molar-refractivity contribution in [1.29, 1.82) is 0 Å². The number of methoxy groups -OCH3 is 1. The quantitative estimate of drug-likeness (QED) is 0.488.